The summed E-state index contributed by atoms with van der Waals surface area (Å²) in [5, 5.41) is 10.6. The van der Waals surface area contributed by atoms with E-state index in [-0.39, 0.29) is 0 Å². The Morgan fingerprint density at radius 1 is 0.800 bits per heavy atom. The first-order valence-corrected chi connectivity index (χ1v) is 7.20. The molecular formula is C18H19NO. The molecule has 0 aliphatic heterocycles. The van der Waals surface area contributed by atoms with Gasteiger partial charge in [0.15, 0.2) is 5.72 Å². The average Bonchev–Trinajstić information content (AvgIpc) is 2.94. The number of benzene rings is 2. The number of aliphatic imine (C=N–C) groups is 1. The van der Waals surface area contributed by atoms with E-state index in [1.165, 1.54) is 0 Å². The van der Waals surface area contributed by atoms with Crippen LogP contribution in [0.25, 0.3) is 0 Å². The van der Waals surface area contributed by atoms with Gasteiger partial charge in [0, 0.05) is 11.1 Å². The van der Waals surface area contributed by atoms with Crippen LogP contribution in [0.5, 0.6) is 0 Å². The van der Waals surface area contributed by atoms with Gasteiger partial charge in [0.25, 0.3) is 0 Å². The zero-order valence-electron chi connectivity index (χ0n) is 11.5. The minimum Gasteiger partial charge on any atom is -0.369 e. The van der Waals surface area contributed by atoms with Gasteiger partial charge >= 0.3 is 0 Å². The molecule has 0 spiro atoms. The Labute approximate surface area is 119 Å². The second-order valence-electron chi connectivity index (χ2n) is 5.38. The quantitative estimate of drug-likeness (QED) is 0.841. The maximum absolute atomic E-state index is 10.6. The first kappa shape index (κ1) is 13.1. The van der Waals surface area contributed by atoms with E-state index in [0.29, 0.717) is 0 Å². The molecule has 102 valence electrons. The van der Waals surface area contributed by atoms with Crippen molar-refractivity contribution in [3.05, 3.63) is 71.8 Å². The van der Waals surface area contributed by atoms with Crippen molar-refractivity contribution in [2.45, 2.75) is 31.4 Å². The van der Waals surface area contributed by atoms with Crippen molar-refractivity contribution in [3.63, 3.8) is 0 Å². The van der Waals surface area contributed by atoms with Crippen LogP contribution in [0.15, 0.2) is 65.7 Å². The van der Waals surface area contributed by atoms with Crippen molar-refractivity contribution in [2.24, 2.45) is 4.99 Å². The molecule has 2 aromatic rings. The molecule has 0 bridgehead atoms. The zero-order valence-corrected chi connectivity index (χ0v) is 11.5. The third-order valence-electron chi connectivity index (χ3n) is 3.82. The molecule has 2 aromatic carbocycles. The fraction of sp³-hybridized carbons (Fsp3) is 0.278. The lowest BCUT2D eigenvalue weighted by Crippen LogP contribution is -2.24. The first-order valence-electron chi connectivity index (χ1n) is 7.20. The molecule has 2 nitrogen and oxygen atoms in total. The highest BCUT2D eigenvalue weighted by Gasteiger charge is 2.31. The summed E-state index contributed by atoms with van der Waals surface area (Å²) in [6.07, 6.45) is 3.63. The smallest absolute Gasteiger partial charge is 0.156 e. The summed E-state index contributed by atoms with van der Waals surface area (Å²) in [5.74, 6) is 0. The predicted octanol–water partition coefficient (Wildman–Crippen LogP) is 3.79. The highest BCUT2D eigenvalue weighted by Crippen LogP contribution is 2.32. The number of rotatable bonds is 3. The molecule has 0 saturated heterocycles. The number of hydrogen-bond acceptors (Lipinski definition) is 2. The van der Waals surface area contributed by atoms with Crippen LogP contribution in [-0.2, 0) is 0 Å². The van der Waals surface area contributed by atoms with Gasteiger partial charge < -0.3 is 5.11 Å². The standard InChI is InChI=1S/C18H19NO/c20-18(13-7-8-14-18)19-17(15-9-3-1-4-10-15)16-11-5-2-6-12-16/h1-6,9-12,20H,7-8,13-14H2. The van der Waals surface area contributed by atoms with Gasteiger partial charge in [-0.2, -0.15) is 0 Å². The zero-order chi connectivity index (χ0) is 13.8. The molecule has 0 unspecified atom stereocenters. The van der Waals surface area contributed by atoms with E-state index in [9.17, 15) is 5.11 Å². The highest BCUT2D eigenvalue weighted by atomic mass is 16.3. The van der Waals surface area contributed by atoms with Crippen LogP contribution < -0.4 is 0 Å². The normalized spacial score (nSPS) is 16.9. The molecular weight excluding hydrogens is 246 g/mol. The molecule has 0 aromatic heterocycles. The lowest BCUT2D eigenvalue weighted by atomic mass is 10.0. The number of aliphatic hydroxyl groups is 1. The van der Waals surface area contributed by atoms with Crippen molar-refractivity contribution >= 4 is 5.71 Å². The maximum Gasteiger partial charge on any atom is 0.156 e. The van der Waals surface area contributed by atoms with Gasteiger partial charge in [0.1, 0.15) is 0 Å². The largest absolute Gasteiger partial charge is 0.369 e. The first-order chi connectivity index (χ1) is 9.77. The van der Waals surface area contributed by atoms with Crippen LogP contribution in [-0.4, -0.2) is 16.5 Å². The molecule has 0 radical (unpaired) electrons. The molecule has 0 atom stereocenters. The van der Waals surface area contributed by atoms with Crippen LogP contribution in [0.2, 0.25) is 0 Å². The van der Waals surface area contributed by atoms with E-state index in [0.717, 1.165) is 42.5 Å². The summed E-state index contributed by atoms with van der Waals surface area (Å²) in [4.78, 5) is 4.72. The molecule has 1 fully saturated rings. The lowest BCUT2D eigenvalue weighted by molar-refractivity contribution is 0.0578. The summed E-state index contributed by atoms with van der Waals surface area (Å²) in [7, 11) is 0. The summed E-state index contributed by atoms with van der Waals surface area (Å²) in [6.45, 7) is 0. The number of nitrogens with zero attached hydrogens (tertiary/aromatic N) is 1. The average molecular weight is 265 g/mol. The van der Waals surface area contributed by atoms with Crippen LogP contribution in [0.3, 0.4) is 0 Å². The van der Waals surface area contributed by atoms with Crippen LogP contribution in [0.1, 0.15) is 36.8 Å². The van der Waals surface area contributed by atoms with Crippen molar-refractivity contribution in [1.29, 1.82) is 0 Å². The van der Waals surface area contributed by atoms with Gasteiger partial charge in [0.2, 0.25) is 0 Å². The van der Waals surface area contributed by atoms with Crippen molar-refractivity contribution < 1.29 is 5.11 Å². The Balaban J connectivity index is 2.07. The second kappa shape index (κ2) is 5.59. The molecule has 1 N–H and O–H groups in total. The van der Waals surface area contributed by atoms with Crippen molar-refractivity contribution in [1.82, 2.24) is 0 Å². The lowest BCUT2D eigenvalue weighted by Gasteiger charge is -2.19. The van der Waals surface area contributed by atoms with Crippen LogP contribution in [0, 0.1) is 0 Å². The number of hydrogen-bond donors (Lipinski definition) is 1. The van der Waals surface area contributed by atoms with Crippen molar-refractivity contribution in [3.8, 4) is 0 Å². The SMILES string of the molecule is OC1(N=C(c2ccccc2)c2ccccc2)CCCC1. The van der Waals surface area contributed by atoms with Crippen LogP contribution in [0.4, 0.5) is 0 Å². The molecule has 1 saturated carbocycles. The monoisotopic (exact) mass is 265 g/mol. The van der Waals surface area contributed by atoms with Gasteiger partial charge in [-0.15, -0.1) is 0 Å². The van der Waals surface area contributed by atoms with Crippen molar-refractivity contribution in [2.75, 3.05) is 0 Å². The third kappa shape index (κ3) is 2.81. The fourth-order valence-corrected chi connectivity index (χ4v) is 2.75. The van der Waals surface area contributed by atoms with E-state index in [1.807, 2.05) is 60.7 Å². The van der Waals surface area contributed by atoms with E-state index in [4.69, 9.17) is 4.99 Å². The Morgan fingerprint density at radius 2 is 1.25 bits per heavy atom. The van der Waals surface area contributed by atoms with Gasteiger partial charge in [-0.1, -0.05) is 60.7 Å². The topological polar surface area (TPSA) is 32.6 Å². The minimum atomic E-state index is -0.888. The van der Waals surface area contributed by atoms with Crippen LogP contribution >= 0.6 is 0 Å². The summed E-state index contributed by atoms with van der Waals surface area (Å²) in [5.41, 5.74) is 2.11. The second-order valence-corrected chi connectivity index (χ2v) is 5.38. The van der Waals surface area contributed by atoms with Gasteiger partial charge in [-0.25, -0.2) is 0 Å². The summed E-state index contributed by atoms with van der Waals surface area (Å²) in [6, 6.07) is 20.2. The fourth-order valence-electron chi connectivity index (χ4n) is 2.75. The molecule has 0 heterocycles. The Kier molecular flexibility index (Phi) is 3.66. The van der Waals surface area contributed by atoms with Gasteiger partial charge in [-0.3, -0.25) is 4.99 Å². The van der Waals surface area contributed by atoms with E-state index >= 15 is 0 Å². The minimum absolute atomic E-state index is 0.760. The molecule has 1 aliphatic rings. The third-order valence-corrected chi connectivity index (χ3v) is 3.82. The van der Waals surface area contributed by atoms with Gasteiger partial charge in [-0.05, 0) is 25.7 Å². The summed E-state index contributed by atoms with van der Waals surface area (Å²) >= 11 is 0. The molecule has 20 heavy (non-hydrogen) atoms. The van der Waals surface area contributed by atoms with E-state index in [1.54, 1.807) is 0 Å². The maximum atomic E-state index is 10.6. The molecule has 0 amide bonds. The summed E-state index contributed by atoms with van der Waals surface area (Å²) < 4.78 is 0. The van der Waals surface area contributed by atoms with Gasteiger partial charge in [0.05, 0.1) is 5.71 Å². The molecule has 1 aliphatic carbocycles. The Bertz CT molecular complexity index is 542. The van der Waals surface area contributed by atoms with E-state index < -0.39 is 5.72 Å². The predicted molar refractivity (Wildman–Crippen MR) is 81.9 cm³/mol. The molecule has 2 heteroatoms. The molecule has 3 rings (SSSR count). The Hall–Kier alpha value is -1.93. The van der Waals surface area contributed by atoms with E-state index in [2.05, 4.69) is 0 Å². The Morgan fingerprint density at radius 3 is 1.70 bits per heavy atom. The highest BCUT2D eigenvalue weighted by molar-refractivity contribution is 6.13.